The number of amides is 1. The van der Waals surface area contributed by atoms with E-state index in [1.807, 2.05) is 6.07 Å². The van der Waals surface area contributed by atoms with Crippen molar-refractivity contribution in [2.45, 2.75) is 13.0 Å². The highest BCUT2D eigenvalue weighted by Gasteiger charge is 2.12. The molecule has 0 unspecified atom stereocenters. The van der Waals surface area contributed by atoms with Crippen LogP contribution in [-0.4, -0.2) is 31.6 Å². The van der Waals surface area contributed by atoms with E-state index in [0.717, 1.165) is 6.07 Å². The van der Waals surface area contributed by atoms with Crippen LogP contribution >= 0.6 is 0 Å². The van der Waals surface area contributed by atoms with Crippen LogP contribution in [0.25, 0.3) is 0 Å². The van der Waals surface area contributed by atoms with Crippen molar-refractivity contribution in [3.05, 3.63) is 29.8 Å². The third kappa shape index (κ3) is 6.33. The van der Waals surface area contributed by atoms with Gasteiger partial charge in [-0.25, -0.2) is 4.79 Å². The first-order valence-corrected chi connectivity index (χ1v) is 5.88. The van der Waals surface area contributed by atoms with Gasteiger partial charge in [-0.3, -0.25) is 4.79 Å². The van der Waals surface area contributed by atoms with Gasteiger partial charge in [0.05, 0.1) is 18.1 Å². The number of nitrogens with one attached hydrogen (secondary N) is 1. The van der Waals surface area contributed by atoms with Crippen molar-refractivity contribution in [1.82, 2.24) is 5.32 Å². The molecule has 21 heavy (non-hydrogen) atoms. The number of esters is 1. The average Bonchev–Trinajstić information content (AvgIpc) is 2.44. The number of ether oxygens (including phenoxy) is 2. The highest BCUT2D eigenvalue weighted by Crippen LogP contribution is 2.16. The van der Waals surface area contributed by atoms with Crippen LogP contribution in [0, 0.1) is 11.3 Å². The summed E-state index contributed by atoms with van der Waals surface area (Å²) >= 11 is 0. The number of benzene rings is 1. The van der Waals surface area contributed by atoms with Crippen LogP contribution < -0.4 is 10.1 Å². The number of alkyl halides is 2. The van der Waals surface area contributed by atoms with Gasteiger partial charge in [0.15, 0.2) is 6.61 Å². The molecule has 1 N–H and O–H groups in total. The fraction of sp³-hybridized carbons (Fsp3) is 0.308. The van der Waals surface area contributed by atoms with Crippen LogP contribution in [0.5, 0.6) is 5.75 Å². The molecule has 0 saturated heterocycles. The molecule has 0 heterocycles. The van der Waals surface area contributed by atoms with Gasteiger partial charge in [0, 0.05) is 6.54 Å². The molecule has 0 aliphatic heterocycles. The van der Waals surface area contributed by atoms with E-state index in [9.17, 15) is 18.4 Å². The standard InChI is InChI=1S/C13H12F2N2O4/c14-13(15)21-10-4-1-3-9(7-10)12(19)20-8-11(18)17-6-2-5-16/h1,3-4,7,13H,2,6,8H2,(H,17,18). The molecule has 1 aromatic carbocycles. The first-order chi connectivity index (χ1) is 10.0. The fourth-order valence-electron chi connectivity index (χ4n) is 1.32. The molecule has 1 aromatic rings. The molecule has 0 bridgehead atoms. The van der Waals surface area contributed by atoms with E-state index < -0.39 is 25.1 Å². The maximum atomic E-state index is 12.0. The molecule has 0 aliphatic rings. The Morgan fingerprint density at radius 3 is 2.81 bits per heavy atom. The van der Waals surface area contributed by atoms with Crippen LogP contribution in [-0.2, 0) is 9.53 Å². The molecule has 1 amide bonds. The third-order valence-corrected chi connectivity index (χ3v) is 2.19. The van der Waals surface area contributed by atoms with Crippen molar-refractivity contribution < 1.29 is 27.8 Å². The summed E-state index contributed by atoms with van der Waals surface area (Å²) in [6, 6.07) is 6.87. The van der Waals surface area contributed by atoms with E-state index in [2.05, 4.69) is 10.1 Å². The van der Waals surface area contributed by atoms with Crippen molar-refractivity contribution in [1.29, 1.82) is 5.26 Å². The molecule has 0 radical (unpaired) electrons. The highest BCUT2D eigenvalue weighted by molar-refractivity contribution is 5.91. The van der Waals surface area contributed by atoms with E-state index >= 15 is 0 Å². The Hall–Kier alpha value is -2.69. The Bertz CT molecular complexity index is 543. The Labute approximate surface area is 119 Å². The van der Waals surface area contributed by atoms with Gasteiger partial charge in [-0.05, 0) is 18.2 Å². The minimum absolute atomic E-state index is 0.0158. The molecule has 8 heteroatoms. The molecule has 0 saturated carbocycles. The number of halogens is 2. The molecular formula is C13H12F2N2O4. The second-order valence-corrected chi connectivity index (χ2v) is 3.74. The number of hydrogen-bond donors (Lipinski definition) is 1. The number of rotatable bonds is 7. The number of hydrogen-bond acceptors (Lipinski definition) is 5. The first kappa shape index (κ1) is 16.4. The quantitative estimate of drug-likeness (QED) is 0.608. The molecule has 0 atom stereocenters. The van der Waals surface area contributed by atoms with Crippen LogP contribution in [0.4, 0.5) is 8.78 Å². The summed E-state index contributed by atoms with van der Waals surface area (Å²) in [6.45, 7) is -3.36. The zero-order valence-electron chi connectivity index (χ0n) is 10.8. The largest absolute Gasteiger partial charge is 0.452 e. The minimum Gasteiger partial charge on any atom is -0.452 e. The van der Waals surface area contributed by atoms with Gasteiger partial charge in [0.2, 0.25) is 0 Å². The molecule has 0 aliphatic carbocycles. The van der Waals surface area contributed by atoms with Crippen LogP contribution in [0.15, 0.2) is 24.3 Å². The number of carbonyl (C=O) groups is 2. The van der Waals surface area contributed by atoms with E-state index in [1.165, 1.54) is 18.2 Å². The summed E-state index contributed by atoms with van der Waals surface area (Å²) in [5.41, 5.74) is -0.0158. The monoisotopic (exact) mass is 298 g/mol. The molecule has 0 spiro atoms. The zero-order valence-corrected chi connectivity index (χ0v) is 10.8. The van der Waals surface area contributed by atoms with Gasteiger partial charge in [-0.15, -0.1) is 0 Å². The van der Waals surface area contributed by atoms with Gasteiger partial charge in [-0.1, -0.05) is 6.07 Å². The van der Waals surface area contributed by atoms with Crippen molar-refractivity contribution in [2.75, 3.05) is 13.2 Å². The summed E-state index contributed by atoms with van der Waals surface area (Å²) in [5, 5.41) is 10.6. The molecule has 6 nitrogen and oxygen atoms in total. The van der Waals surface area contributed by atoms with Crippen molar-refractivity contribution in [2.24, 2.45) is 0 Å². The topological polar surface area (TPSA) is 88.4 Å². The van der Waals surface area contributed by atoms with Crippen molar-refractivity contribution >= 4 is 11.9 Å². The molecule has 0 aromatic heterocycles. The predicted octanol–water partition coefficient (Wildman–Crippen LogP) is 1.47. The molecule has 0 fully saturated rings. The number of carbonyl (C=O) groups excluding carboxylic acids is 2. The van der Waals surface area contributed by atoms with E-state index in [0.29, 0.717) is 0 Å². The third-order valence-electron chi connectivity index (χ3n) is 2.19. The summed E-state index contributed by atoms with van der Waals surface area (Å²) in [6.07, 6.45) is 0.146. The van der Waals surface area contributed by atoms with E-state index in [4.69, 9.17) is 10.00 Å². The van der Waals surface area contributed by atoms with Gasteiger partial charge in [0.1, 0.15) is 5.75 Å². The van der Waals surface area contributed by atoms with Crippen LogP contribution in [0.2, 0.25) is 0 Å². The first-order valence-electron chi connectivity index (χ1n) is 5.88. The Morgan fingerprint density at radius 2 is 2.14 bits per heavy atom. The van der Waals surface area contributed by atoms with Gasteiger partial charge in [-0.2, -0.15) is 14.0 Å². The summed E-state index contributed by atoms with van der Waals surface area (Å²) < 4.78 is 32.9. The molecule has 1 rings (SSSR count). The second kappa shape index (κ2) is 8.47. The van der Waals surface area contributed by atoms with Gasteiger partial charge >= 0.3 is 12.6 Å². The Morgan fingerprint density at radius 1 is 1.38 bits per heavy atom. The smallest absolute Gasteiger partial charge is 0.387 e. The Kier molecular flexibility index (Phi) is 6.60. The van der Waals surface area contributed by atoms with Crippen molar-refractivity contribution in [3.8, 4) is 11.8 Å². The lowest BCUT2D eigenvalue weighted by molar-refractivity contribution is -0.124. The summed E-state index contributed by atoms with van der Waals surface area (Å²) in [4.78, 5) is 22.9. The SMILES string of the molecule is N#CCCNC(=O)COC(=O)c1cccc(OC(F)F)c1. The molecule has 112 valence electrons. The summed E-state index contributed by atoms with van der Waals surface area (Å²) in [7, 11) is 0. The number of nitrogens with zero attached hydrogens (tertiary/aromatic N) is 1. The van der Waals surface area contributed by atoms with Crippen LogP contribution in [0.1, 0.15) is 16.8 Å². The lowest BCUT2D eigenvalue weighted by Gasteiger charge is -2.07. The van der Waals surface area contributed by atoms with Gasteiger partial charge < -0.3 is 14.8 Å². The Balaban J connectivity index is 2.48. The minimum atomic E-state index is -3.00. The summed E-state index contributed by atoms with van der Waals surface area (Å²) in [5.74, 6) is -1.58. The second-order valence-electron chi connectivity index (χ2n) is 3.74. The zero-order chi connectivity index (χ0) is 15.7. The lowest BCUT2D eigenvalue weighted by atomic mass is 10.2. The lowest BCUT2D eigenvalue weighted by Crippen LogP contribution is -2.29. The van der Waals surface area contributed by atoms with Crippen LogP contribution in [0.3, 0.4) is 0 Å². The number of nitriles is 1. The van der Waals surface area contributed by atoms with E-state index in [1.54, 1.807) is 0 Å². The fourth-order valence-corrected chi connectivity index (χ4v) is 1.32. The average molecular weight is 298 g/mol. The van der Waals surface area contributed by atoms with Gasteiger partial charge in [0.25, 0.3) is 5.91 Å². The molecular weight excluding hydrogens is 286 g/mol. The maximum Gasteiger partial charge on any atom is 0.387 e. The van der Waals surface area contributed by atoms with Crippen molar-refractivity contribution in [3.63, 3.8) is 0 Å². The predicted molar refractivity (Wildman–Crippen MR) is 66.6 cm³/mol. The highest BCUT2D eigenvalue weighted by atomic mass is 19.3. The maximum absolute atomic E-state index is 12.0. The normalized spacial score (nSPS) is 9.81. The van der Waals surface area contributed by atoms with E-state index in [-0.39, 0.29) is 24.3 Å².